The molecule has 4 saturated heterocycles. The SMILES string of the molecule is O=C1O[C@H](OC[C@@H]2CO2)[C@@H]2[C@H]1[C@H]1CC[C@@H]2O1. The van der Waals surface area contributed by atoms with Crippen molar-refractivity contribution in [2.45, 2.75) is 37.4 Å². The summed E-state index contributed by atoms with van der Waals surface area (Å²) in [6.45, 7) is 1.29. The van der Waals surface area contributed by atoms with Crippen LogP contribution in [0.5, 0.6) is 0 Å². The fourth-order valence-corrected chi connectivity index (χ4v) is 3.15. The van der Waals surface area contributed by atoms with E-state index < -0.39 is 6.29 Å². The van der Waals surface area contributed by atoms with E-state index in [1.165, 1.54) is 0 Å². The van der Waals surface area contributed by atoms with E-state index in [0.29, 0.717) is 6.61 Å². The first-order chi connectivity index (χ1) is 7.83. The molecule has 0 aromatic rings. The van der Waals surface area contributed by atoms with Crippen molar-refractivity contribution in [3.63, 3.8) is 0 Å². The number of hydrogen-bond donors (Lipinski definition) is 0. The molecule has 16 heavy (non-hydrogen) atoms. The fourth-order valence-electron chi connectivity index (χ4n) is 3.15. The first-order valence-corrected chi connectivity index (χ1v) is 5.92. The number of carbonyl (C=O) groups is 1. The lowest BCUT2D eigenvalue weighted by Gasteiger charge is -2.21. The maximum atomic E-state index is 11.7. The minimum absolute atomic E-state index is 0.0771. The molecule has 4 fully saturated rings. The monoisotopic (exact) mass is 226 g/mol. The molecule has 0 saturated carbocycles. The first kappa shape index (κ1) is 9.39. The summed E-state index contributed by atoms with van der Waals surface area (Å²) in [5, 5.41) is 0. The molecular formula is C11H14O5. The quantitative estimate of drug-likeness (QED) is 0.504. The van der Waals surface area contributed by atoms with Gasteiger partial charge in [0.2, 0.25) is 6.29 Å². The van der Waals surface area contributed by atoms with Crippen LogP contribution in [-0.2, 0) is 23.7 Å². The Hall–Kier alpha value is -0.650. The van der Waals surface area contributed by atoms with Gasteiger partial charge in [-0.05, 0) is 12.8 Å². The van der Waals surface area contributed by atoms with E-state index in [-0.39, 0.29) is 36.1 Å². The lowest BCUT2D eigenvalue weighted by atomic mass is 9.81. The van der Waals surface area contributed by atoms with E-state index in [1.807, 2.05) is 0 Å². The number of carbonyl (C=O) groups excluding carboxylic acids is 1. The van der Waals surface area contributed by atoms with E-state index in [2.05, 4.69) is 0 Å². The van der Waals surface area contributed by atoms with Crippen molar-refractivity contribution in [2.75, 3.05) is 13.2 Å². The third-order valence-electron chi connectivity index (χ3n) is 4.00. The van der Waals surface area contributed by atoms with Gasteiger partial charge < -0.3 is 18.9 Å². The van der Waals surface area contributed by atoms with Gasteiger partial charge in [0.25, 0.3) is 0 Å². The van der Waals surface area contributed by atoms with Crippen LogP contribution >= 0.6 is 0 Å². The Morgan fingerprint density at radius 2 is 2.12 bits per heavy atom. The van der Waals surface area contributed by atoms with Gasteiger partial charge in [0, 0.05) is 0 Å². The maximum absolute atomic E-state index is 11.7. The summed E-state index contributed by atoms with van der Waals surface area (Å²) >= 11 is 0. The van der Waals surface area contributed by atoms with Crippen molar-refractivity contribution in [3.05, 3.63) is 0 Å². The highest BCUT2D eigenvalue weighted by Crippen LogP contribution is 2.50. The molecule has 4 rings (SSSR count). The first-order valence-electron chi connectivity index (χ1n) is 5.92. The second-order valence-electron chi connectivity index (χ2n) is 4.99. The van der Waals surface area contributed by atoms with Gasteiger partial charge in [0.1, 0.15) is 6.10 Å². The number of esters is 1. The Morgan fingerprint density at radius 1 is 1.31 bits per heavy atom. The fraction of sp³-hybridized carbons (Fsp3) is 0.909. The van der Waals surface area contributed by atoms with Crippen molar-refractivity contribution in [3.8, 4) is 0 Å². The molecule has 2 bridgehead atoms. The van der Waals surface area contributed by atoms with Crippen LogP contribution in [0.4, 0.5) is 0 Å². The average Bonchev–Trinajstić information content (AvgIpc) is 2.73. The number of ether oxygens (including phenoxy) is 4. The Bertz CT molecular complexity index is 326. The topological polar surface area (TPSA) is 57.3 Å². The third kappa shape index (κ3) is 1.25. The largest absolute Gasteiger partial charge is 0.435 e. The van der Waals surface area contributed by atoms with Gasteiger partial charge in [-0.15, -0.1) is 0 Å². The van der Waals surface area contributed by atoms with Gasteiger partial charge in [0.15, 0.2) is 0 Å². The predicted octanol–water partition coefficient (Wildman–Crippen LogP) is 0.0783. The summed E-state index contributed by atoms with van der Waals surface area (Å²) in [5.74, 6) is -0.104. The van der Waals surface area contributed by atoms with Crippen LogP contribution in [0.15, 0.2) is 0 Å². The molecule has 0 amide bonds. The van der Waals surface area contributed by atoms with E-state index in [4.69, 9.17) is 18.9 Å². The minimum Gasteiger partial charge on any atom is -0.435 e. The van der Waals surface area contributed by atoms with Crippen molar-refractivity contribution in [2.24, 2.45) is 11.8 Å². The molecule has 4 heterocycles. The smallest absolute Gasteiger partial charge is 0.314 e. The Balaban J connectivity index is 1.49. The van der Waals surface area contributed by atoms with Crippen LogP contribution in [0, 0.1) is 11.8 Å². The number of hydrogen-bond acceptors (Lipinski definition) is 5. The summed E-state index contributed by atoms with van der Waals surface area (Å²) in [7, 11) is 0. The zero-order valence-corrected chi connectivity index (χ0v) is 8.83. The lowest BCUT2D eigenvalue weighted by molar-refractivity contribution is -0.175. The molecule has 4 aliphatic rings. The highest BCUT2D eigenvalue weighted by atomic mass is 16.7. The zero-order chi connectivity index (χ0) is 10.7. The summed E-state index contributed by atoms with van der Waals surface area (Å²) in [4.78, 5) is 11.7. The molecule has 88 valence electrons. The lowest BCUT2D eigenvalue weighted by Crippen LogP contribution is -2.33. The summed E-state index contributed by atoms with van der Waals surface area (Å²) < 4.78 is 21.7. The molecule has 0 N–H and O–H groups in total. The van der Waals surface area contributed by atoms with Gasteiger partial charge in [-0.3, -0.25) is 4.79 Å². The van der Waals surface area contributed by atoms with Crippen LogP contribution in [-0.4, -0.2) is 43.8 Å². The van der Waals surface area contributed by atoms with Gasteiger partial charge in [-0.2, -0.15) is 0 Å². The molecule has 0 unspecified atom stereocenters. The molecule has 0 radical (unpaired) electrons. The van der Waals surface area contributed by atoms with Crippen molar-refractivity contribution < 1.29 is 23.7 Å². The summed E-state index contributed by atoms with van der Waals surface area (Å²) in [6, 6.07) is 0. The second-order valence-corrected chi connectivity index (χ2v) is 4.99. The van der Waals surface area contributed by atoms with Crippen LogP contribution in [0.2, 0.25) is 0 Å². The number of fused-ring (bicyclic) bond motifs is 5. The molecule has 5 heteroatoms. The standard InChI is InChI=1S/C11H14O5/c12-10-8-6-1-2-7(15-6)9(8)11(16-10)14-4-5-3-13-5/h5-9,11H,1-4H2/t5-,6+,7-,8+,9-,11-/m0/s1. The van der Waals surface area contributed by atoms with Crippen LogP contribution < -0.4 is 0 Å². The molecule has 0 aliphatic carbocycles. The van der Waals surface area contributed by atoms with Crippen molar-refractivity contribution >= 4 is 5.97 Å². The molecule has 5 nitrogen and oxygen atoms in total. The molecule has 0 spiro atoms. The van der Waals surface area contributed by atoms with Gasteiger partial charge in [-0.25, -0.2) is 0 Å². The van der Waals surface area contributed by atoms with E-state index in [9.17, 15) is 4.79 Å². The number of epoxide rings is 1. The minimum atomic E-state index is -0.406. The Labute approximate surface area is 93.0 Å². The van der Waals surface area contributed by atoms with Crippen LogP contribution in [0.3, 0.4) is 0 Å². The molecule has 0 aromatic carbocycles. The number of rotatable bonds is 3. The normalized spacial score (nSPS) is 52.9. The maximum Gasteiger partial charge on any atom is 0.314 e. The summed E-state index contributed by atoms with van der Waals surface area (Å²) in [6.07, 6.45) is 2.05. The third-order valence-corrected chi connectivity index (χ3v) is 4.00. The second kappa shape index (κ2) is 3.18. The average molecular weight is 226 g/mol. The van der Waals surface area contributed by atoms with Crippen LogP contribution in [0.25, 0.3) is 0 Å². The van der Waals surface area contributed by atoms with Gasteiger partial charge in [0.05, 0.1) is 37.3 Å². The number of cyclic esters (lactones) is 1. The molecule has 0 aromatic heterocycles. The molecular weight excluding hydrogens is 212 g/mol. The predicted molar refractivity (Wildman–Crippen MR) is 50.4 cm³/mol. The molecule has 4 aliphatic heterocycles. The van der Waals surface area contributed by atoms with Crippen molar-refractivity contribution in [1.82, 2.24) is 0 Å². The van der Waals surface area contributed by atoms with Crippen LogP contribution in [0.1, 0.15) is 12.8 Å². The zero-order valence-electron chi connectivity index (χ0n) is 8.83. The van der Waals surface area contributed by atoms with Gasteiger partial charge in [-0.1, -0.05) is 0 Å². The van der Waals surface area contributed by atoms with Crippen molar-refractivity contribution in [1.29, 1.82) is 0 Å². The highest BCUT2D eigenvalue weighted by Gasteiger charge is 2.61. The van der Waals surface area contributed by atoms with Gasteiger partial charge >= 0.3 is 5.97 Å². The van der Waals surface area contributed by atoms with E-state index >= 15 is 0 Å². The summed E-state index contributed by atoms with van der Waals surface area (Å²) in [5.41, 5.74) is 0. The Morgan fingerprint density at radius 3 is 2.94 bits per heavy atom. The Kier molecular flexibility index (Phi) is 1.87. The molecule has 6 atom stereocenters. The van der Waals surface area contributed by atoms with E-state index in [0.717, 1.165) is 19.4 Å². The van der Waals surface area contributed by atoms with E-state index in [1.54, 1.807) is 0 Å². The highest BCUT2D eigenvalue weighted by molar-refractivity contribution is 5.76.